The summed E-state index contributed by atoms with van der Waals surface area (Å²) in [7, 11) is 0. The van der Waals surface area contributed by atoms with Crippen molar-refractivity contribution in [3.05, 3.63) is 24.2 Å². The van der Waals surface area contributed by atoms with Gasteiger partial charge in [0.2, 0.25) is 0 Å². The Morgan fingerprint density at radius 3 is 3.00 bits per heavy atom. The van der Waals surface area contributed by atoms with Gasteiger partial charge in [-0.1, -0.05) is 6.92 Å². The molecule has 80 valence electrons. The van der Waals surface area contributed by atoms with E-state index < -0.39 is 11.5 Å². The number of hydrogen-bond acceptors (Lipinski definition) is 3. The van der Waals surface area contributed by atoms with Gasteiger partial charge >= 0.3 is 0 Å². The first-order valence-corrected chi connectivity index (χ1v) is 5.31. The number of furan rings is 1. The van der Waals surface area contributed by atoms with E-state index in [0.717, 1.165) is 19.3 Å². The fourth-order valence-electron chi connectivity index (χ4n) is 2.46. The lowest BCUT2D eigenvalue weighted by Crippen LogP contribution is -2.24. The molecule has 0 aromatic carbocycles. The van der Waals surface area contributed by atoms with Crippen molar-refractivity contribution in [2.45, 2.75) is 32.3 Å². The minimum atomic E-state index is -0.789. The summed E-state index contributed by atoms with van der Waals surface area (Å²) in [5.41, 5.74) is -0.642. The zero-order valence-electron chi connectivity index (χ0n) is 8.81. The molecule has 1 heterocycles. The summed E-state index contributed by atoms with van der Waals surface area (Å²) in [4.78, 5) is 0. The van der Waals surface area contributed by atoms with Gasteiger partial charge in [-0.15, -0.1) is 0 Å². The van der Waals surface area contributed by atoms with Crippen LogP contribution >= 0.6 is 0 Å². The van der Waals surface area contributed by atoms with Crippen LogP contribution in [0.15, 0.2) is 22.8 Å². The highest BCUT2D eigenvalue weighted by atomic mass is 16.4. The van der Waals surface area contributed by atoms with Crippen LogP contribution in [0, 0.1) is 22.7 Å². The van der Waals surface area contributed by atoms with E-state index in [0.29, 0.717) is 11.7 Å². The second-order valence-corrected chi connectivity index (χ2v) is 4.53. The highest BCUT2D eigenvalue weighted by molar-refractivity contribution is 5.15. The summed E-state index contributed by atoms with van der Waals surface area (Å²) in [5.74, 6) is 1.01. The molecule has 1 aliphatic rings. The summed E-state index contributed by atoms with van der Waals surface area (Å²) in [5, 5.41) is 19.4. The molecule has 1 fully saturated rings. The Labute approximate surface area is 89.3 Å². The van der Waals surface area contributed by atoms with Crippen molar-refractivity contribution in [1.82, 2.24) is 0 Å². The van der Waals surface area contributed by atoms with Gasteiger partial charge in [-0.25, -0.2) is 0 Å². The van der Waals surface area contributed by atoms with E-state index in [1.807, 2.05) is 0 Å². The van der Waals surface area contributed by atoms with E-state index in [2.05, 4.69) is 13.0 Å². The molecule has 3 atom stereocenters. The van der Waals surface area contributed by atoms with E-state index in [1.165, 1.54) is 6.26 Å². The van der Waals surface area contributed by atoms with Crippen molar-refractivity contribution in [2.24, 2.45) is 11.3 Å². The molecule has 15 heavy (non-hydrogen) atoms. The number of nitriles is 1. The maximum absolute atomic E-state index is 10.2. The highest BCUT2D eigenvalue weighted by Gasteiger charge is 2.45. The Morgan fingerprint density at radius 1 is 1.73 bits per heavy atom. The highest BCUT2D eigenvalue weighted by Crippen LogP contribution is 2.49. The quantitative estimate of drug-likeness (QED) is 0.807. The Bertz CT molecular complexity index is 365. The Morgan fingerprint density at radius 2 is 2.53 bits per heavy atom. The smallest absolute Gasteiger partial charge is 0.133 e. The predicted molar refractivity (Wildman–Crippen MR) is 54.7 cm³/mol. The van der Waals surface area contributed by atoms with Gasteiger partial charge in [-0.05, 0) is 37.3 Å². The molecule has 1 aromatic rings. The molecule has 2 rings (SSSR count). The molecule has 1 aromatic heterocycles. The van der Waals surface area contributed by atoms with Crippen molar-refractivity contribution in [1.29, 1.82) is 5.26 Å². The molecule has 1 N–H and O–H groups in total. The molecule has 0 bridgehead atoms. The molecule has 0 aliphatic heterocycles. The summed E-state index contributed by atoms with van der Waals surface area (Å²) >= 11 is 0. The molecule has 0 saturated heterocycles. The first kappa shape index (κ1) is 10.3. The third-order valence-corrected chi connectivity index (χ3v) is 3.35. The van der Waals surface area contributed by atoms with Crippen LogP contribution in [0.1, 0.15) is 38.1 Å². The third kappa shape index (κ3) is 1.66. The number of nitrogens with zero attached hydrogens (tertiary/aromatic N) is 1. The van der Waals surface area contributed by atoms with Crippen LogP contribution in [0.3, 0.4) is 0 Å². The summed E-state index contributed by atoms with van der Waals surface area (Å²) in [6.45, 7) is 2.12. The number of hydrogen-bond donors (Lipinski definition) is 1. The topological polar surface area (TPSA) is 57.2 Å². The van der Waals surface area contributed by atoms with Crippen LogP contribution < -0.4 is 0 Å². The van der Waals surface area contributed by atoms with E-state index in [1.54, 1.807) is 12.1 Å². The van der Waals surface area contributed by atoms with Crippen LogP contribution in [-0.4, -0.2) is 5.11 Å². The summed E-state index contributed by atoms with van der Waals surface area (Å²) < 4.78 is 5.17. The molecular weight excluding hydrogens is 190 g/mol. The molecule has 1 saturated carbocycles. The molecule has 3 heteroatoms. The molecule has 0 spiro atoms. The van der Waals surface area contributed by atoms with E-state index >= 15 is 0 Å². The molecule has 0 radical (unpaired) electrons. The minimum absolute atomic E-state index is 0.505. The fourth-order valence-corrected chi connectivity index (χ4v) is 2.46. The van der Waals surface area contributed by atoms with Crippen LogP contribution in [0.5, 0.6) is 0 Å². The van der Waals surface area contributed by atoms with Gasteiger partial charge in [0.1, 0.15) is 11.9 Å². The Hall–Kier alpha value is -1.27. The van der Waals surface area contributed by atoms with Crippen molar-refractivity contribution >= 4 is 0 Å². The molecule has 3 nitrogen and oxygen atoms in total. The monoisotopic (exact) mass is 205 g/mol. The normalized spacial score (nSPS) is 32.5. The number of aliphatic hydroxyl groups excluding tert-OH is 1. The predicted octanol–water partition coefficient (Wildman–Crippen LogP) is 2.64. The van der Waals surface area contributed by atoms with Crippen molar-refractivity contribution < 1.29 is 9.52 Å². The molecule has 1 aliphatic carbocycles. The maximum Gasteiger partial charge on any atom is 0.133 e. The Kier molecular flexibility index (Phi) is 2.54. The largest absolute Gasteiger partial charge is 0.467 e. The van der Waals surface area contributed by atoms with E-state index in [4.69, 9.17) is 4.42 Å². The standard InChI is InChI=1S/C12H15NO2/c1-9-4-5-12(7-9,8-13)11(14)10-3-2-6-15-10/h2-3,6,9,11,14H,4-5,7H2,1H3. The first-order chi connectivity index (χ1) is 7.18. The van der Waals surface area contributed by atoms with Crippen molar-refractivity contribution in [3.8, 4) is 6.07 Å². The molecule has 0 amide bonds. The maximum atomic E-state index is 10.2. The third-order valence-electron chi connectivity index (χ3n) is 3.35. The van der Waals surface area contributed by atoms with Crippen LogP contribution in [0.4, 0.5) is 0 Å². The summed E-state index contributed by atoms with van der Waals surface area (Å²) in [6, 6.07) is 5.75. The van der Waals surface area contributed by atoms with Crippen LogP contribution in [0.25, 0.3) is 0 Å². The molecule has 3 unspecified atom stereocenters. The van der Waals surface area contributed by atoms with Gasteiger partial charge < -0.3 is 9.52 Å². The van der Waals surface area contributed by atoms with Gasteiger partial charge in [0.25, 0.3) is 0 Å². The van der Waals surface area contributed by atoms with E-state index in [-0.39, 0.29) is 0 Å². The van der Waals surface area contributed by atoms with E-state index in [9.17, 15) is 10.4 Å². The SMILES string of the molecule is CC1CCC(C#N)(C(O)c2ccco2)C1. The van der Waals surface area contributed by atoms with Gasteiger partial charge in [0.05, 0.1) is 17.7 Å². The minimum Gasteiger partial charge on any atom is -0.467 e. The van der Waals surface area contributed by atoms with Gasteiger partial charge in [0, 0.05) is 0 Å². The first-order valence-electron chi connectivity index (χ1n) is 5.31. The zero-order valence-corrected chi connectivity index (χ0v) is 8.81. The van der Waals surface area contributed by atoms with Crippen LogP contribution in [-0.2, 0) is 0 Å². The fraction of sp³-hybridized carbons (Fsp3) is 0.583. The Balaban J connectivity index is 2.25. The lowest BCUT2D eigenvalue weighted by atomic mass is 9.80. The second kappa shape index (κ2) is 3.71. The second-order valence-electron chi connectivity index (χ2n) is 4.53. The summed E-state index contributed by atoms with van der Waals surface area (Å²) in [6.07, 6.45) is 3.26. The zero-order chi connectivity index (χ0) is 10.9. The lowest BCUT2D eigenvalue weighted by molar-refractivity contribution is 0.0456. The number of aliphatic hydroxyl groups is 1. The van der Waals surface area contributed by atoms with Crippen LogP contribution in [0.2, 0.25) is 0 Å². The molecular formula is C12H15NO2. The average molecular weight is 205 g/mol. The van der Waals surface area contributed by atoms with Crippen molar-refractivity contribution in [2.75, 3.05) is 0 Å². The van der Waals surface area contributed by atoms with Gasteiger partial charge in [-0.3, -0.25) is 0 Å². The van der Waals surface area contributed by atoms with Crippen molar-refractivity contribution in [3.63, 3.8) is 0 Å². The van der Waals surface area contributed by atoms with Gasteiger partial charge in [0.15, 0.2) is 0 Å². The van der Waals surface area contributed by atoms with Gasteiger partial charge in [-0.2, -0.15) is 5.26 Å². The average Bonchev–Trinajstić information content (AvgIpc) is 2.86. The number of rotatable bonds is 2. The lowest BCUT2D eigenvalue weighted by Gasteiger charge is -2.25.